The van der Waals surface area contributed by atoms with Crippen molar-refractivity contribution >= 4 is 40.3 Å². The van der Waals surface area contributed by atoms with Gasteiger partial charge in [-0.15, -0.1) is 0 Å². The fourth-order valence-electron chi connectivity index (χ4n) is 4.04. The Morgan fingerprint density at radius 3 is 2.60 bits per heavy atom. The van der Waals surface area contributed by atoms with Crippen molar-refractivity contribution in [2.24, 2.45) is 0 Å². The van der Waals surface area contributed by atoms with E-state index in [0.29, 0.717) is 22.4 Å². The SMILES string of the molecule is CCCCCCCN1C(=O)C(=Cc2cn(-c3ccccc3)nc2-c2cccc(OCC)c2)SC1=S. The number of hydrogen-bond acceptors (Lipinski definition) is 5. The first-order chi connectivity index (χ1) is 17.1. The van der Waals surface area contributed by atoms with E-state index in [9.17, 15) is 4.79 Å². The average Bonchev–Trinajstić information content (AvgIpc) is 3.41. The number of benzene rings is 2. The lowest BCUT2D eigenvalue weighted by atomic mass is 10.1. The van der Waals surface area contributed by atoms with Gasteiger partial charge in [-0.3, -0.25) is 9.69 Å². The molecule has 0 unspecified atom stereocenters. The van der Waals surface area contributed by atoms with Crippen LogP contribution in [0.3, 0.4) is 0 Å². The molecule has 1 saturated heterocycles. The smallest absolute Gasteiger partial charge is 0.266 e. The van der Waals surface area contributed by atoms with Gasteiger partial charge in [-0.25, -0.2) is 4.68 Å². The van der Waals surface area contributed by atoms with Gasteiger partial charge in [-0.2, -0.15) is 5.10 Å². The van der Waals surface area contributed by atoms with Crippen LogP contribution in [-0.2, 0) is 4.79 Å². The minimum absolute atomic E-state index is 0.0167. The van der Waals surface area contributed by atoms with Crippen LogP contribution in [0.5, 0.6) is 5.75 Å². The fraction of sp³-hybridized carbons (Fsp3) is 0.321. The summed E-state index contributed by atoms with van der Waals surface area (Å²) in [5.41, 5.74) is 3.54. The molecule has 1 fully saturated rings. The van der Waals surface area contributed by atoms with Crippen molar-refractivity contribution in [3.05, 3.63) is 71.3 Å². The molecular weight excluding hydrogens is 474 g/mol. The quantitative estimate of drug-likeness (QED) is 0.158. The van der Waals surface area contributed by atoms with Crippen LogP contribution < -0.4 is 4.74 Å². The summed E-state index contributed by atoms with van der Waals surface area (Å²) in [7, 11) is 0. The van der Waals surface area contributed by atoms with Crippen LogP contribution >= 0.6 is 24.0 Å². The van der Waals surface area contributed by atoms with E-state index in [2.05, 4.69) is 6.92 Å². The summed E-state index contributed by atoms with van der Waals surface area (Å²) < 4.78 is 8.19. The molecule has 0 saturated carbocycles. The molecule has 1 aliphatic rings. The number of thioether (sulfide) groups is 1. The fourth-order valence-corrected chi connectivity index (χ4v) is 5.34. The summed E-state index contributed by atoms with van der Waals surface area (Å²) in [6, 6.07) is 17.9. The van der Waals surface area contributed by atoms with E-state index in [4.69, 9.17) is 22.1 Å². The second kappa shape index (κ2) is 12.2. The molecule has 0 aliphatic carbocycles. The Morgan fingerprint density at radius 2 is 1.83 bits per heavy atom. The molecule has 1 amide bonds. The lowest BCUT2D eigenvalue weighted by Gasteiger charge is -2.13. The maximum atomic E-state index is 13.2. The van der Waals surface area contributed by atoms with Crippen LogP contribution in [0.25, 0.3) is 23.0 Å². The third-order valence-electron chi connectivity index (χ3n) is 5.83. The van der Waals surface area contributed by atoms with Crippen LogP contribution in [0.15, 0.2) is 65.7 Å². The Balaban J connectivity index is 1.64. The van der Waals surface area contributed by atoms with E-state index in [1.54, 1.807) is 4.90 Å². The Bertz CT molecular complexity index is 1200. The van der Waals surface area contributed by atoms with Gasteiger partial charge in [-0.1, -0.05) is 86.9 Å². The van der Waals surface area contributed by atoms with Crippen molar-refractivity contribution in [1.29, 1.82) is 0 Å². The predicted octanol–water partition coefficient (Wildman–Crippen LogP) is 7.11. The van der Waals surface area contributed by atoms with Crippen molar-refractivity contribution < 1.29 is 9.53 Å². The Morgan fingerprint density at radius 1 is 1.03 bits per heavy atom. The number of aromatic nitrogens is 2. The third kappa shape index (κ3) is 6.21. The molecule has 2 aromatic carbocycles. The van der Waals surface area contributed by atoms with Crippen molar-refractivity contribution in [2.75, 3.05) is 13.2 Å². The lowest BCUT2D eigenvalue weighted by molar-refractivity contribution is -0.122. The van der Waals surface area contributed by atoms with Crippen molar-refractivity contribution in [3.63, 3.8) is 0 Å². The van der Waals surface area contributed by atoms with Gasteiger partial charge < -0.3 is 4.74 Å². The van der Waals surface area contributed by atoms with E-state index in [-0.39, 0.29) is 5.91 Å². The number of carbonyl (C=O) groups excluding carboxylic acids is 1. The van der Waals surface area contributed by atoms with Crippen LogP contribution in [0.1, 0.15) is 51.5 Å². The highest BCUT2D eigenvalue weighted by atomic mass is 32.2. The van der Waals surface area contributed by atoms with Crippen molar-refractivity contribution in [1.82, 2.24) is 14.7 Å². The van der Waals surface area contributed by atoms with Crippen LogP contribution in [0.2, 0.25) is 0 Å². The van der Waals surface area contributed by atoms with Gasteiger partial charge in [0.05, 0.1) is 17.2 Å². The number of ether oxygens (including phenoxy) is 1. The van der Waals surface area contributed by atoms with E-state index in [0.717, 1.165) is 41.1 Å². The molecule has 0 spiro atoms. The summed E-state index contributed by atoms with van der Waals surface area (Å²) in [4.78, 5) is 15.6. The summed E-state index contributed by atoms with van der Waals surface area (Å²) in [5, 5.41) is 4.88. The van der Waals surface area contributed by atoms with Gasteiger partial charge in [0, 0.05) is 23.9 Å². The predicted molar refractivity (Wildman–Crippen MR) is 149 cm³/mol. The Hall–Kier alpha value is -2.90. The molecule has 5 nitrogen and oxygen atoms in total. The van der Waals surface area contributed by atoms with Gasteiger partial charge in [0.15, 0.2) is 0 Å². The van der Waals surface area contributed by atoms with E-state index in [1.165, 1.54) is 31.0 Å². The maximum Gasteiger partial charge on any atom is 0.266 e. The third-order valence-corrected chi connectivity index (χ3v) is 7.20. The molecule has 35 heavy (non-hydrogen) atoms. The molecule has 0 radical (unpaired) electrons. The van der Waals surface area contributed by atoms with E-state index >= 15 is 0 Å². The first kappa shape index (κ1) is 25.2. The van der Waals surface area contributed by atoms with Gasteiger partial charge in [-0.05, 0) is 43.7 Å². The first-order valence-electron chi connectivity index (χ1n) is 12.2. The molecule has 7 heteroatoms. The maximum absolute atomic E-state index is 13.2. The summed E-state index contributed by atoms with van der Waals surface area (Å²) in [6.07, 6.45) is 9.62. The van der Waals surface area contributed by atoms with Gasteiger partial charge in [0.1, 0.15) is 15.8 Å². The zero-order valence-corrected chi connectivity index (χ0v) is 21.9. The molecular formula is C28H31N3O2S2. The molecule has 1 aromatic heterocycles. The molecule has 3 aromatic rings. The standard InChI is InChI=1S/C28H31N3O2S2/c1-3-5-6-7-11-17-30-27(32)25(35-28(30)34)19-22-20-31(23-14-9-8-10-15-23)29-26(22)21-13-12-16-24(18-21)33-4-2/h8-10,12-16,18-20H,3-7,11,17H2,1-2H3. The number of para-hydroxylation sites is 1. The van der Waals surface area contributed by atoms with E-state index in [1.807, 2.05) is 78.5 Å². The lowest BCUT2D eigenvalue weighted by Crippen LogP contribution is -2.29. The molecule has 1 aliphatic heterocycles. The zero-order chi connectivity index (χ0) is 24.6. The summed E-state index contributed by atoms with van der Waals surface area (Å²) >= 11 is 6.93. The molecule has 0 N–H and O–H groups in total. The number of amides is 1. The van der Waals surface area contributed by atoms with Crippen LogP contribution in [0, 0.1) is 0 Å². The van der Waals surface area contributed by atoms with Crippen LogP contribution in [0.4, 0.5) is 0 Å². The number of rotatable bonds is 11. The molecule has 0 bridgehead atoms. The second-order valence-corrected chi connectivity index (χ2v) is 10.1. The van der Waals surface area contributed by atoms with Crippen molar-refractivity contribution in [2.45, 2.75) is 46.0 Å². The van der Waals surface area contributed by atoms with Crippen LogP contribution in [-0.4, -0.2) is 38.1 Å². The normalized spacial score (nSPS) is 14.8. The highest BCUT2D eigenvalue weighted by molar-refractivity contribution is 8.26. The summed E-state index contributed by atoms with van der Waals surface area (Å²) in [6.45, 7) is 5.44. The number of unbranched alkanes of at least 4 members (excludes halogenated alkanes) is 4. The highest BCUT2D eigenvalue weighted by Crippen LogP contribution is 2.35. The topological polar surface area (TPSA) is 47.4 Å². The minimum Gasteiger partial charge on any atom is -0.494 e. The second-order valence-electron chi connectivity index (χ2n) is 8.42. The summed E-state index contributed by atoms with van der Waals surface area (Å²) in [5.74, 6) is 0.775. The van der Waals surface area contributed by atoms with Gasteiger partial charge >= 0.3 is 0 Å². The van der Waals surface area contributed by atoms with Crippen molar-refractivity contribution in [3.8, 4) is 22.7 Å². The average molecular weight is 506 g/mol. The molecule has 2 heterocycles. The Labute approximate surface area is 217 Å². The Kier molecular flexibility index (Phi) is 8.77. The van der Waals surface area contributed by atoms with Gasteiger partial charge in [0.25, 0.3) is 5.91 Å². The molecule has 0 atom stereocenters. The molecule has 4 rings (SSSR count). The monoisotopic (exact) mass is 505 g/mol. The highest BCUT2D eigenvalue weighted by Gasteiger charge is 2.32. The number of nitrogens with zero attached hydrogens (tertiary/aromatic N) is 3. The van der Waals surface area contributed by atoms with Gasteiger partial charge in [0.2, 0.25) is 0 Å². The number of hydrogen-bond donors (Lipinski definition) is 0. The number of thiocarbonyl (C=S) groups is 1. The number of carbonyl (C=O) groups is 1. The largest absolute Gasteiger partial charge is 0.494 e. The zero-order valence-electron chi connectivity index (χ0n) is 20.3. The minimum atomic E-state index is -0.0167. The first-order valence-corrected chi connectivity index (χ1v) is 13.5. The molecule has 182 valence electrons. The van der Waals surface area contributed by atoms with E-state index < -0.39 is 0 Å².